The van der Waals surface area contributed by atoms with E-state index in [2.05, 4.69) is 45.9 Å². The molecule has 1 fully saturated rings. The van der Waals surface area contributed by atoms with Gasteiger partial charge in [-0.25, -0.2) is 4.98 Å². The summed E-state index contributed by atoms with van der Waals surface area (Å²) in [6.07, 6.45) is 5.80. The van der Waals surface area contributed by atoms with E-state index in [-0.39, 0.29) is 6.04 Å². The van der Waals surface area contributed by atoms with Crippen LogP contribution in [-0.4, -0.2) is 42.9 Å². The molecule has 3 rings (SSSR count). The maximum absolute atomic E-state index is 5.45. The second-order valence-electron chi connectivity index (χ2n) is 6.44. The average molecular weight is 304 g/mol. The van der Waals surface area contributed by atoms with Crippen LogP contribution in [0.5, 0.6) is 0 Å². The maximum Gasteiger partial charge on any atom is 0.243 e. The van der Waals surface area contributed by atoms with Gasteiger partial charge in [-0.1, -0.05) is 19.0 Å². The first-order valence-electron chi connectivity index (χ1n) is 8.03. The zero-order chi connectivity index (χ0) is 15.5. The van der Waals surface area contributed by atoms with E-state index in [4.69, 9.17) is 4.52 Å². The van der Waals surface area contributed by atoms with Crippen molar-refractivity contribution in [3.8, 4) is 0 Å². The van der Waals surface area contributed by atoms with Crippen LogP contribution in [0.15, 0.2) is 17.2 Å². The van der Waals surface area contributed by atoms with Crippen LogP contribution in [0.1, 0.15) is 57.3 Å². The van der Waals surface area contributed by atoms with E-state index in [0.717, 1.165) is 31.3 Å². The Hall–Kier alpha value is -1.76. The Morgan fingerprint density at radius 2 is 2.23 bits per heavy atom. The van der Waals surface area contributed by atoms with Gasteiger partial charge in [0.1, 0.15) is 12.7 Å². The lowest BCUT2D eigenvalue weighted by Gasteiger charge is -2.35. The highest BCUT2D eigenvalue weighted by Gasteiger charge is 2.28. The summed E-state index contributed by atoms with van der Waals surface area (Å²) >= 11 is 0. The molecule has 0 aromatic carbocycles. The van der Waals surface area contributed by atoms with E-state index in [1.165, 1.54) is 12.8 Å². The van der Waals surface area contributed by atoms with Crippen LogP contribution < -0.4 is 0 Å². The number of likely N-dealkylation sites (tertiary alicyclic amines) is 1. The molecule has 1 aliphatic heterocycles. The number of rotatable bonds is 5. The van der Waals surface area contributed by atoms with Gasteiger partial charge in [0.05, 0.1) is 6.04 Å². The molecule has 0 aliphatic carbocycles. The van der Waals surface area contributed by atoms with E-state index in [1.807, 2.05) is 4.68 Å². The molecule has 0 amide bonds. The van der Waals surface area contributed by atoms with E-state index < -0.39 is 0 Å². The van der Waals surface area contributed by atoms with Crippen molar-refractivity contribution in [1.82, 2.24) is 29.8 Å². The molecule has 0 radical (unpaired) electrons. The second-order valence-corrected chi connectivity index (χ2v) is 6.44. The minimum atomic E-state index is 0.165. The molecule has 120 valence electrons. The molecule has 2 atom stereocenters. The Kier molecular flexibility index (Phi) is 4.52. The Morgan fingerprint density at radius 3 is 2.91 bits per heavy atom. The summed E-state index contributed by atoms with van der Waals surface area (Å²) in [6.45, 7) is 9.33. The first-order chi connectivity index (χ1) is 10.6. The molecule has 0 unspecified atom stereocenters. The molecule has 0 saturated carbocycles. The maximum atomic E-state index is 5.45. The summed E-state index contributed by atoms with van der Waals surface area (Å²) in [5.74, 6) is 2.40. The second kappa shape index (κ2) is 6.56. The van der Waals surface area contributed by atoms with E-state index in [9.17, 15) is 0 Å². The highest BCUT2D eigenvalue weighted by Crippen LogP contribution is 2.27. The van der Waals surface area contributed by atoms with Crippen molar-refractivity contribution in [2.45, 2.75) is 52.1 Å². The summed E-state index contributed by atoms with van der Waals surface area (Å²) < 4.78 is 7.37. The molecule has 7 heteroatoms. The summed E-state index contributed by atoms with van der Waals surface area (Å²) in [4.78, 5) is 11.0. The van der Waals surface area contributed by atoms with Crippen LogP contribution in [0.25, 0.3) is 0 Å². The first-order valence-corrected chi connectivity index (χ1v) is 8.03. The highest BCUT2D eigenvalue weighted by atomic mass is 16.5. The van der Waals surface area contributed by atoms with E-state index in [1.54, 1.807) is 12.7 Å². The molecular weight excluding hydrogens is 280 g/mol. The molecule has 2 aromatic heterocycles. The number of hydrogen-bond donors (Lipinski definition) is 0. The van der Waals surface area contributed by atoms with Crippen LogP contribution in [0.3, 0.4) is 0 Å². The van der Waals surface area contributed by atoms with Crippen molar-refractivity contribution in [3.63, 3.8) is 0 Å². The van der Waals surface area contributed by atoms with Gasteiger partial charge in [-0.2, -0.15) is 10.1 Å². The van der Waals surface area contributed by atoms with Crippen molar-refractivity contribution < 1.29 is 4.52 Å². The number of aromatic nitrogens is 5. The summed E-state index contributed by atoms with van der Waals surface area (Å²) in [5.41, 5.74) is 0. The number of hydrogen-bond acceptors (Lipinski definition) is 6. The van der Waals surface area contributed by atoms with Crippen molar-refractivity contribution in [3.05, 3.63) is 24.4 Å². The predicted octanol–water partition coefficient (Wildman–Crippen LogP) is 2.26. The Balaban J connectivity index is 1.63. The standard InChI is InChI=1S/C15H24N6O/c1-11(2)14-18-15(22-19-14)12(3)20-6-4-5-13(7-20)8-21-10-16-9-17-21/h9-13H,4-8H2,1-3H3/t12-,13+/m1/s1. The third-order valence-corrected chi connectivity index (χ3v) is 4.34. The average Bonchev–Trinajstić information content (AvgIpc) is 3.18. The zero-order valence-corrected chi connectivity index (χ0v) is 13.5. The number of piperidine rings is 1. The molecule has 0 bridgehead atoms. The van der Waals surface area contributed by atoms with Crippen molar-refractivity contribution in [2.24, 2.45) is 5.92 Å². The van der Waals surface area contributed by atoms with Gasteiger partial charge in [-0.3, -0.25) is 9.58 Å². The first kappa shape index (κ1) is 15.1. The van der Waals surface area contributed by atoms with Crippen molar-refractivity contribution >= 4 is 0 Å². The van der Waals surface area contributed by atoms with Gasteiger partial charge in [-0.05, 0) is 32.2 Å². The molecule has 2 aromatic rings. The summed E-state index contributed by atoms with van der Waals surface area (Å²) in [7, 11) is 0. The molecule has 1 aliphatic rings. The Morgan fingerprint density at radius 1 is 1.36 bits per heavy atom. The van der Waals surface area contributed by atoms with Gasteiger partial charge in [-0.15, -0.1) is 0 Å². The molecule has 1 saturated heterocycles. The molecule has 22 heavy (non-hydrogen) atoms. The summed E-state index contributed by atoms with van der Waals surface area (Å²) in [5, 5.41) is 8.28. The van der Waals surface area contributed by atoms with Crippen LogP contribution in [0, 0.1) is 5.92 Å². The summed E-state index contributed by atoms with van der Waals surface area (Å²) in [6, 6.07) is 0.165. The fourth-order valence-electron chi connectivity index (χ4n) is 3.00. The zero-order valence-electron chi connectivity index (χ0n) is 13.5. The SMILES string of the molecule is CC(C)c1noc([C@@H](C)N2CCC[C@H](Cn3cncn3)C2)n1. The third-order valence-electron chi connectivity index (χ3n) is 4.34. The lowest BCUT2D eigenvalue weighted by molar-refractivity contribution is 0.102. The topological polar surface area (TPSA) is 72.9 Å². The highest BCUT2D eigenvalue weighted by molar-refractivity contribution is 4.96. The molecule has 3 heterocycles. The minimum Gasteiger partial charge on any atom is -0.338 e. The van der Waals surface area contributed by atoms with Gasteiger partial charge in [0.2, 0.25) is 5.89 Å². The Labute approximate surface area is 130 Å². The third kappa shape index (κ3) is 3.35. The van der Waals surface area contributed by atoms with Gasteiger partial charge >= 0.3 is 0 Å². The van der Waals surface area contributed by atoms with Crippen LogP contribution in [0.4, 0.5) is 0 Å². The Bertz CT molecular complexity index is 579. The molecular formula is C15H24N6O. The van der Waals surface area contributed by atoms with Gasteiger partial charge < -0.3 is 4.52 Å². The molecule has 7 nitrogen and oxygen atoms in total. The van der Waals surface area contributed by atoms with Crippen molar-refractivity contribution in [2.75, 3.05) is 13.1 Å². The fourth-order valence-corrected chi connectivity index (χ4v) is 3.00. The number of nitrogens with zero attached hydrogens (tertiary/aromatic N) is 6. The largest absolute Gasteiger partial charge is 0.338 e. The fraction of sp³-hybridized carbons (Fsp3) is 0.733. The van der Waals surface area contributed by atoms with Crippen molar-refractivity contribution in [1.29, 1.82) is 0 Å². The molecule has 0 spiro atoms. The van der Waals surface area contributed by atoms with E-state index in [0.29, 0.717) is 11.8 Å². The smallest absolute Gasteiger partial charge is 0.243 e. The quantitative estimate of drug-likeness (QED) is 0.843. The lowest BCUT2D eigenvalue weighted by atomic mass is 9.97. The van der Waals surface area contributed by atoms with Gasteiger partial charge in [0, 0.05) is 19.0 Å². The van der Waals surface area contributed by atoms with Crippen LogP contribution in [0.2, 0.25) is 0 Å². The van der Waals surface area contributed by atoms with E-state index >= 15 is 0 Å². The predicted molar refractivity (Wildman–Crippen MR) is 81.1 cm³/mol. The normalized spacial score (nSPS) is 21.4. The molecule has 0 N–H and O–H groups in total. The van der Waals surface area contributed by atoms with Crippen LogP contribution >= 0.6 is 0 Å². The minimum absolute atomic E-state index is 0.165. The van der Waals surface area contributed by atoms with Crippen LogP contribution in [-0.2, 0) is 6.54 Å². The lowest BCUT2D eigenvalue weighted by Crippen LogP contribution is -2.38. The van der Waals surface area contributed by atoms with Gasteiger partial charge in [0.25, 0.3) is 0 Å². The monoisotopic (exact) mass is 304 g/mol. The van der Waals surface area contributed by atoms with Gasteiger partial charge in [0.15, 0.2) is 5.82 Å².